The molecule has 0 aliphatic rings. The highest BCUT2D eigenvalue weighted by Gasteiger charge is 2.27. The van der Waals surface area contributed by atoms with Crippen molar-refractivity contribution in [1.29, 1.82) is 0 Å². The van der Waals surface area contributed by atoms with Crippen LogP contribution in [0.5, 0.6) is 0 Å². The number of benzene rings is 2. The van der Waals surface area contributed by atoms with Gasteiger partial charge in [0.1, 0.15) is 0 Å². The molecule has 25 heavy (non-hydrogen) atoms. The van der Waals surface area contributed by atoms with Gasteiger partial charge in [0.25, 0.3) is 0 Å². The van der Waals surface area contributed by atoms with Crippen molar-refractivity contribution in [2.24, 2.45) is 0 Å². The van der Waals surface area contributed by atoms with Gasteiger partial charge in [0.15, 0.2) is 9.84 Å². The molecular weight excluding hydrogens is 382 g/mol. The summed E-state index contributed by atoms with van der Waals surface area (Å²) in [6, 6.07) is 11.2. The maximum absolute atomic E-state index is 13.1. The highest BCUT2D eigenvalue weighted by Crippen LogP contribution is 2.26. The third-order valence-corrected chi connectivity index (χ3v) is 7.40. The Morgan fingerprint density at radius 1 is 1.04 bits per heavy atom. The van der Waals surface area contributed by atoms with E-state index in [4.69, 9.17) is 11.6 Å². The zero-order chi connectivity index (χ0) is 18.8. The minimum absolute atomic E-state index is 0.00988. The molecule has 0 aromatic heterocycles. The highest BCUT2D eigenvalue weighted by atomic mass is 35.5. The Kier molecular flexibility index (Phi) is 5.93. The van der Waals surface area contributed by atoms with Crippen LogP contribution in [-0.4, -0.2) is 33.9 Å². The predicted octanol–water partition coefficient (Wildman–Crippen LogP) is 3.26. The van der Waals surface area contributed by atoms with Gasteiger partial charge in [-0.2, -0.15) is 4.31 Å². The lowest BCUT2D eigenvalue weighted by Gasteiger charge is -2.22. The first-order valence-electron chi connectivity index (χ1n) is 7.61. The summed E-state index contributed by atoms with van der Waals surface area (Å²) in [7, 11) is -7.37. The lowest BCUT2D eigenvalue weighted by Crippen LogP contribution is -2.31. The average Bonchev–Trinajstić information content (AvgIpc) is 2.53. The molecular formula is C17H20ClNO4S2. The second-order valence-corrected chi connectivity index (χ2v) is 10.1. The fourth-order valence-corrected chi connectivity index (χ4v) is 5.01. The molecule has 0 saturated carbocycles. The standard InChI is InChI=1S/C17H20ClNO4S2/c1-4-19(12-14-7-5-6-8-16(14)18)25(22,23)17-11-15(24(3,20)21)10-9-13(17)2/h5-11H,4,12H2,1-3H3. The van der Waals surface area contributed by atoms with E-state index < -0.39 is 19.9 Å². The van der Waals surface area contributed by atoms with Gasteiger partial charge in [0.2, 0.25) is 10.0 Å². The van der Waals surface area contributed by atoms with Crippen molar-refractivity contribution in [2.45, 2.75) is 30.2 Å². The van der Waals surface area contributed by atoms with Crippen LogP contribution in [0.3, 0.4) is 0 Å². The van der Waals surface area contributed by atoms with Crippen molar-refractivity contribution in [1.82, 2.24) is 4.31 Å². The number of hydrogen-bond acceptors (Lipinski definition) is 4. The second kappa shape index (κ2) is 7.45. The van der Waals surface area contributed by atoms with Gasteiger partial charge in [0.05, 0.1) is 9.79 Å². The first kappa shape index (κ1) is 19.9. The van der Waals surface area contributed by atoms with Crippen LogP contribution in [0.1, 0.15) is 18.1 Å². The largest absolute Gasteiger partial charge is 0.243 e. The first-order valence-corrected chi connectivity index (χ1v) is 11.3. The van der Waals surface area contributed by atoms with E-state index in [2.05, 4.69) is 0 Å². The Morgan fingerprint density at radius 2 is 1.68 bits per heavy atom. The third-order valence-electron chi connectivity index (χ3n) is 3.86. The average molecular weight is 402 g/mol. The molecule has 0 N–H and O–H groups in total. The molecule has 0 spiro atoms. The Balaban J connectivity index is 2.51. The molecule has 0 saturated heterocycles. The van der Waals surface area contributed by atoms with Crippen molar-refractivity contribution in [3.63, 3.8) is 0 Å². The van der Waals surface area contributed by atoms with Gasteiger partial charge >= 0.3 is 0 Å². The molecule has 2 rings (SSSR count). The molecule has 5 nitrogen and oxygen atoms in total. The van der Waals surface area contributed by atoms with Gasteiger partial charge in [-0.3, -0.25) is 0 Å². The summed E-state index contributed by atoms with van der Waals surface area (Å²) in [5, 5.41) is 0.484. The second-order valence-electron chi connectivity index (χ2n) is 5.72. The van der Waals surface area contributed by atoms with Crippen molar-refractivity contribution in [3.8, 4) is 0 Å². The Hall–Kier alpha value is -1.41. The number of sulfone groups is 1. The van der Waals surface area contributed by atoms with Crippen LogP contribution < -0.4 is 0 Å². The van der Waals surface area contributed by atoms with Crippen molar-refractivity contribution in [2.75, 3.05) is 12.8 Å². The van der Waals surface area contributed by atoms with Crippen LogP contribution in [0.2, 0.25) is 5.02 Å². The van der Waals surface area contributed by atoms with Crippen LogP contribution in [0.25, 0.3) is 0 Å². The summed E-state index contributed by atoms with van der Waals surface area (Å²) >= 11 is 6.14. The Morgan fingerprint density at radius 3 is 2.24 bits per heavy atom. The van der Waals surface area contributed by atoms with Crippen LogP contribution >= 0.6 is 11.6 Å². The maximum atomic E-state index is 13.1. The third kappa shape index (κ3) is 4.41. The van der Waals surface area contributed by atoms with E-state index in [1.807, 2.05) is 0 Å². The monoisotopic (exact) mass is 401 g/mol. The van der Waals surface area contributed by atoms with Gasteiger partial charge < -0.3 is 0 Å². The predicted molar refractivity (Wildman–Crippen MR) is 99.0 cm³/mol. The SMILES string of the molecule is CCN(Cc1ccccc1Cl)S(=O)(=O)c1cc(S(C)(=O)=O)ccc1C. The minimum Gasteiger partial charge on any atom is -0.224 e. The van der Waals surface area contributed by atoms with Gasteiger partial charge in [-0.1, -0.05) is 42.8 Å². The molecule has 0 unspecified atom stereocenters. The van der Waals surface area contributed by atoms with Crippen molar-refractivity contribution < 1.29 is 16.8 Å². The summed E-state index contributed by atoms with van der Waals surface area (Å²) in [5.41, 5.74) is 1.18. The molecule has 0 fully saturated rings. The number of sulfonamides is 1. The lowest BCUT2D eigenvalue weighted by atomic mass is 10.2. The molecule has 136 valence electrons. The molecule has 0 aliphatic carbocycles. The summed E-state index contributed by atoms with van der Waals surface area (Å²) in [5.74, 6) is 0. The summed E-state index contributed by atoms with van der Waals surface area (Å²) in [6.45, 7) is 3.71. The van der Waals surface area contributed by atoms with Crippen LogP contribution in [-0.2, 0) is 26.4 Å². The molecule has 2 aromatic carbocycles. The molecule has 0 atom stereocenters. The van der Waals surface area contributed by atoms with Gasteiger partial charge in [0, 0.05) is 24.4 Å². The molecule has 0 amide bonds. The molecule has 0 bridgehead atoms. The minimum atomic E-state index is -3.87. The van der Waals surface area contributed by atoms with E-state index in [1.54, 1.807) is 38.1 Å². The van der Waals surface area contributed by atoms with E-state index in [-0.39, 0.29) is 22.9 Å². The first-order chi connectivity index (χ1) is 11.6. The number of rotatable bonds is 6. The number of nitrogens with zero attached hydrogens (tertiary/aromatic N) is 1. The molecule has 0 heterocycles. The van der Waals surface area contributed by atoms with Crippen LogP contribution in [0.4, 0.5) is 0 Å². The Bertz CT molecular complexity index is 985. The van der Waals surface area contributed by atoms with E-state index in [0.717, 1.165) is 6.26 Å². The lowest BCUT2D eigenvalue weighted by molar-refractivity contribution is 0.423. The van der Waals surface area contributed by atoms with Crippen LogP contribution in [0.15, 0.2) is 52.3 Å². The normalized spacial score (nSPS) is 12.5. The van der Waals surface area contributed by atoms with Crippen molar-refractivity contribution in [3.05, 3.63) is 58.6 Å². The molecule has 0 aliphatic heterocycles. The highest BCUT2D eigenvalue weighted by molar-refractivity contribution is 7.91. The summed E-state index contributed by atoms with van der Waals surface area (Å²) in [4.78, 5) is -0.0326. The number of aryl methyl sites for hydroxylation is 1. The number of hydrogen-bond donors (Lipinski definition) is 0. The van der Waals surface area contributed by atoms with E-state index in [9.17, 15) is 16.8 Å². The van der Waals surface area contributed by atoms with Gasteiger partial charge in [-0.25, -0.2) is 16.8 Å². The maximum Gasteiger partial charge on any atom is 0.243 e. The summed E-state index contributed by atoms with van der Waals surface area (Å²) < 4.78 is 51.0. The summed E-state index contributed by atoms with van der Waals surface area (Å²) in [6.07, 6.45) is 1.05. The molecule has 2 aromatic rings. The molecule has 0 radical (unpaired) electrons. The van der Waals surface area contributed by atoms with E-state index >= 15 is 0 Å². The fraction of sp³-hybridized carbons (Fsp3) is 0.294. The van der Waals surface area contributed by atoms with Gasteiger partial charge in [-0.15, -0.1) is 0 Å². The van der Waals surface area contributed by atoms with Gasteiger partial charge in [-0.05, 0) is 36.2 Å². The van der Waals surface area contributed by atoms with E-state index in [1.165, 1.54) is 22.5 Å². The Labute approximate surface area is 154 Å². The van der Waals surface area contributed by atoms with Crippen molar-refractivity contribution >= 4 is 31.5 Å². The smallest absolute Gasteiger partial charge is 0.224 e. The zero-order valence-electron chi connectivity index (χ0n) is 14.2. The van der Waals surface area contributed by atoms with E-state index in [0.29, 0.717) is 16.1 Å². The van der Waals surface area contributed by atoms with Crippen LogP contribution in [0, 0.1) is 6.92 Å². The topological polar surface area (TPSA) is 71.5 Å². The zero-order valence-corrected chi connectivity index (χ0v) is 16.6. The number of halogens is 1. The quantitative estimate of drug-likeness (QED) is 0.744. The fourth-order valence-electron chi connectivity index (χ4n) is 2.41. The molecule has 8 heteroatoms.